The first-order valence-corrected chi connectivity index (χ1v) is 6.32. The van der Waals surface area contributed by atoms with E-state index >= 15 is 0 Å². The molecular formula is C8H16N4O2S. The van der Waals surface area contributed by atoms with Gasteiger partial charge in [0.2, 0.25) is 10.0 Å². The van der Waals surface area contributed by atoms with Gasteiger partial charge in [0.05, 0.1) is 0 Å². The third kappa shape index (κ3) is 2.69. The van der Waals surface area contributed by atoms with Gasteiger partial charge < -0.3 is 5.73 Å². The zero-order valence-corrected chi connectivity index (χ0v) is 9.71. The van der Waals surface area contributed by atoms with Crippen LogP contribution in [0.5, 0.6) is 0 Å². The summed E-state index contributed by atoms with van der Waals surface area (Å²) in [6.45, 7) is 4.69. The van der Waals surface area contributed by atoms with Gasteiger partial charge >= 0.3 is 0 Å². The van der Waals surface area contributed by atoms with Gasteiger partial charge in [0.1, 0.15) is 4.90 Å². The monoisotopic (exact) mass is 232 g/mol. The number of sulfonamides is 1. The Morgan fingerprint density at radius 1 is 1.53 bits per heavy atom. The normalized spacial score (nSPS) is 11.9. The summed E-state index contributed by atoms with van der Waals surface area (Å²) in [6.07, 6.45) is 2.33. The van der Waals surface area contributed by atoms with Gasteiger partial charge in [-0.05, 0) is 6.42 Å². The zero-order valence-electron chi connectivity index (χ0n) is 8.90. The maximum absolute atomic E-state index is 11.6. The van der Waals surface area contributed by atoms with Gasteiger partial charge in [-0.15, -0.1) is 0 Å². The highest BCUT2D eigenvalue weighted by Crippen LogP contribution is 2.15. The minimum absolute atomic E-state index is 0.0457. The highest BCUT2D eigenvalue weighted by Gasteiger charge is 2.19. The van der Waals surface area contributed by atoms with E-state index in [2.05, 4.69) is 9.82 Å². The lowest BCUT2D eigenvalue weighted by atomic mass is 10.5. The molecule has 0 bridgehead atoms. The Kier molecular flexibility index (Phi) is 3.70. The number of nitrogens with one attached hydrogen (secondary N) is 1. The Hall–Kier alpha value is -1.08. The van der Waals surface area contributed by atoms with Crippen LogP contribution in [0, 0.1) is 0 Å². The fourth-order valence-electron chi connectivity index (χ4n) is 1.24. The summed E-state index contributed by atoms with van der Waals surface area (Å²) in [5.74, 6) is 0.0457. The number of aromatic nitrogens is 2. The lowest BCUT2D eigenvalue weighted by Gasteiger charge is -2.00. The van der Waals surface area contributed by atoms with Crippen molar-refractivity contribution >= 4 is 15.8 Å². The van der Waals surface area contributed by atoms with E-state index < -0.39 is 10.0 Å². The molecule has 0 spiro atoms. The molecule has 0 aliphatic rings. The fraction of sp³-hybridized carbons (Fsp3) is 0.625. The van der Waals surface area contributed by atoms with Crippen LogP contribution in [0.4, 0.5) is 5.82 Å². The molecule has 1 rings (SSSR count). The van der Waals surface area contributed by atoms with Crippen molar-refractivity contribution in [3.63, 3.8) is 0 Å². The topological polar surface area (TPSA) is 90.0 Å². The van der Waals surface area contributed by atoms with E-state index in [-0.39, 0.29) is 10.7 Å². The third-order valence-electron chi connectivity index (χ3n) is 1.83. The summed E-state index contributed by atoms with van der Waals surface area (Å²) in [5, 5.41) is 3.92. The van der Waals surface area contributed by atoms with Crippen molar-refractivity contribution in [2.24, 2.45) is 0 Å². The van der Waals surface area contributed by atoms with E-state index in [1.807, 2.05) is 6.92 Å². The summed E-state index contributed by atoms with van der Waals surface area (Å²) in [5.41, 5.74) is 5.54. The second kappa shape index (κ2) is 4.63. The molecule has 0 atom stereocenters. The highest BCUT2D eigenvalue weighted by molar-refractivity contribution is 7.89. The fourth-order valence-corrected chi connectivity index (χ4v) is 2.35. The van der Waals surface area contributed by atoms with Crippen LogP contribution in [0.1, 0.15) is 20.3 Å². The van der Waals surface area contributed by atoms with Crippen LogP contribution >= 0.6 is 0 Å². The van der Waals surface area contributed by atoms with E-state index in [0.29, 0.717) is 13.1 Å². The number of rotatable bonds is 5. The average molecular weight is 232 g/mol. The van der Waals surface area contributed by atoms with E-state index in [1.165, 1.54) is 6.20 Å². The number of hydrogen-bond acceptors (Lipinski definition) is 4. The minimum atomic E-state index is -3.50. The average Bonchev–Trinajstić information content (AvgIpc) is 2.48. The number of nitrogen functional groups attached to an aromatic ring is 1. The number of nitrogens with two attached hydrogens (primary N) is 1. The molecule has 0 fully saturated rings. The molecule has 1 aromatic heterocycles. The zero-order chi connectivity index (χ0) is 11.5. The van der Waals surface area contributed by atoms with Crippen molar-refractivity contribution in [2.75, 3.05) is 12.3 Å². The molecule has 1 aromatic rings. The van der Waals surface area contributed by atoms with Gasteiger partial charge in [-0.3, -0.25) is 4.68 Å². The summed E-state index contributed by atoms with van der Waals surface area (Å²) in [4.78, 5) is 0.0535. The largest absolute Gasteiger partial charge is 0.381 e. The molecule has 0 saturated heterocycles. The van der Waals surface area contributed by atoms with Crippen molar-refractivity contribution in [3.05, 3.63) is 6.20 Å². The Morgan fingerprint density at radius 3 is 2.73 bits per heavy atom. The molecule has 0 unspecified atom stereocenters. The molecule has 0 radical (unpaired) electrons. The van der Waals surface area contributed by atoms with Crippen molar-refractivity contribution in [3.8, 4) is 0 Å². The highest BCUT2D eigenvalue weighted by atomic mass is 32.2. The maximum Gasteiger partial charge on any atom is 0.245 e. The second-order valence-corrected chi connectivity index (χ2v) is 4.88. The molecule has 86 valence electrons. The van der Waals surface area contributed by atoms with E-state index in [1.54, 1.807) is 11.6 Å². The molecule has 3 N–H and O–H groups in total. The van der Waals surface area contributed by atoms with Crippen molar-refractivity contribution in [2.45, 2.75) is 31.7 Å². The first-order valence-electron chi connectivity index (χ1n) is 4.83. The molecule has 0 saturated carbocycles. The molecule has 0 aliphatic heterocycles. The first-order chi connectivity index (χ1) is 7.01. The van der Waals surface area contributed by atoms with Gasteiger partial charge in [-0.1, -0.05) is 13.8 Å². The quantitative estimate of drug-likeness (QED) is 0.757. The molecule has 0 amide bonds. The van der Waals surface area contributed by atoms with Crippen LogP contribution in [0.25, 0.3) is 0 Å². The predicted molar refractivity (Wildman–Crippen MR) is 57.8 cm³/mol. The van der Waals surface area contributed by atoms with E-state index in [0.717, 1.165) is 6.42 Å². The Balaban J connectivity index is 3.04. The van der Waals surface area contributed by atoms with E-state index in [9.17, 15) is 8.42 Å². The van der Waals surface area contributed by atoms with Crippen LogP contribution in [-0.4, -0.2) is 24.7 Å². The summed E-state index contributed by atoms with van der Waals surface area (Å²) >= 11 is 0. The predicted octanol–water partition coefficient (Wildman–Crippen LogP) is 0.174. The molecule has 15 heavy (non-hydrogen) atoms. The maximum atomic E-state index is 11.6. The summed E-state index contributed by atoms with van der Waals surface area (Å²) in [6, 6.07) is 0. The lowest BCUT2D eigenvalue weighted by molar-refractivity contribution is 0.581. The molecule has 0 aromatic carbocycles. The summed E-state index contributed by atoms with van der Waals surface area (Å²) in [7, 11) is -3.50. The van der Waals surface area contributed by atoms with Crippen LogP contribution in [0.3, 0.4) is 0 Å². The van der Waals surface area contributed by atoms with Crippen LogP contribution in [-0.2, 0) is 16.6 Å². The summed E-state index contributed by atoms with van der Waals surface area (Å²) < 4.78 is 27.2. The Labute approximate surface area is 89.5 Å². The minimum Gasteiger partial charge on any atom is -0.381 e. The standard InChI is InChI=1S/C8H16N4O2S/c1-3-5-12-6-7(8(9)11-12)15(13,14)10-4-2/h6,10H,3-5H2,1-2H3,(H2,9,11). The number of anilines is 1. The van der Waals surface area contributed by atoms with Crippen LogP contribution < -0.4 is 10.5 Å². The molecule has 1 heterocycles. The molecule has 0 aliphatic carbocycles. The number of hydrogen-bond donors (Lipinski definition) is 2. The third-order valence-corrected chi connectivity index (χ3v) is 3.39. The van der Waals surface area contributed by atoms with Gasteiger partial charge in [-0.2, -0.15) is 5.10 Å². The van der Waals surface area contributed by atoms with Crippen LogP contribution in [0.15, 0.2) is 11.1 Å². The van der Waals surface area contributed by atoms with Crippen molar-refractivity contribution in [1.29, 1.82) is 0 Å². The van der Waals surface area contributed by atoms with Crippen molar-refractivity contribution in [1.82, 2.24) is 14.5 Å². The lowest BCUT2D eigenvalue weighted by Crippen LogP contribution is -2.23. The first kappa shape index (κ1) is 12.0. The van der Waals surface area contributed by atoms with Crippen LogP contribution in [0.2, 0.25) is 0 Å². The van der Waals surface area contributed by atoms with E-state index in [4.69, 9.17) is 5.73 Å². The molecular weight excluding hydrogens is 216 g/mol. The second-order valence-electron chi connectivity index (χ2n) is 3.14. The molecule has 7 heteroatoms. The number of nitrogens with zero attached hydrogens (tertiary/aromatic N) is 2. The Bertz CT molecular complexity index is 424. The van der Waals surface area contributed by atoms with Gasteiger partial charge in [0.15, 0.2) is 5.82 Å². The van der Waals surface area contributed by atoms with Gasteiger partial charge in [-0.25, -0.2) is 13.1 Å². The number of aryl methyl sites for hydroxylation is 1. The smallest absolute Gasteiger partial charge is 0.245 e. The van der Waals surface area contributed by atoms with Gasteiger partial charge in [0, 0.05) is 19.3 Å². The SMILES string of the molecule is CCCn1cc(S(=O)(=O)NCC)c(N)n1. The van der Waals surface area contributed by atoms with Gasteiger partial charge in [0.25, 0.3) is 0 Å². The van der Waals surface area contributed by atoms with Crippen molar-refractivity contribution < 1.29 is 8.42 Å². The molecule has 6 nitrogen and oxygen atoms in total. The Morgan fingerprint density at radius 2 is 2.20 bits per heavy atom.